The minimum atomic E-state index is -0.594. The Morgan fingerprint density at radius 3 is 2.14 bits per heavy atom. The van der Waals surface area contributed by atoms with E-state index in [1.54, 1.807) is 0 Å². The predicted octanol–water partition coefficient (Wildman–Crippen LogP) is 6.54. The van der Waals surface area contributed by atoms with Crippen molar-refractivity contribution < 1.29 is 5.11 Å². The molecule has 4 aromatic rings. The number of hydrogen-bond donors (Lipinski definition) is 2. The molecule has 0 amide bonds. The Hall–Kier alpha value is -1.91. The first kappa shape index (κ1) is 19.4. The minimum Gasteiger partial charge on any atom is -0.389 e. The summed E-state index contributed by atoms with van der Waals surface area (Å²) in [6, 6.07) is 17.3. The summed E-state index contributed by atoms with van der Waals surface area (Å²) in [5, 5.41) is 18.1. The van der Waals surface area contributed by atoms with Gasteiger partial charge in [0.15, 0.2) is 0 Å². The highest BCUT2D eigenvalue weighted by Crippen LogP contribution is 2.33. The number of anilines is 1. The maximum atomic E-state index is 10.7. The van der Waals surface area contributed by atoms with Crippen LogP contribution >= 0.6 is 34.8 Å². The van der Waals surface area contributed by atoms with Crippen molar-refractivity contribution in [3.05, 3.63) is 75.2 Å². The average Bonchev–Trinajstić information content (AvgIpc) is 2.95. The van der Waals surface area contributed by atoms with Crippen LogP contribution in [0.5, 0.6) is 0 Å². The highest BCUT2D eigenvalue weighted by molar-refractivity contribution is 6.33. The van der Waals surface area contributed by atoms with Crippen LogP contribution in [0, 0.1) is 6.92 Å². The summed E-state index contributed by atoms with van der Waals surface area (Å²) in [5.74, 6) is 0. The molecule has 1 aromatic heterocycles. The molecule has 1 atom stereocenters. The van der Waals surface area contributed by atoms with Crippen LogP contribution in [-0.2, 0) is 6.54 Å². The molecule has 0 saturated heterocycles. The van der Waals surface area contributed by atoms with E-state index in [0.29, 0.717) is 28.2 Å². The second-order valence-electron chi connectivity index (χ2n) is 6.88. The van der Waals surface area contributed by atoms with Gasteiger partial charge in [-0.15, -0.1) is 0 Å². The Kier molecular flexibility index (Phi) is 5.44. The van der Waals surface area contributed by atoms with Crippen molar-refractivity contribution in [2.24, 2.45) is 0 Å². The molecule has 3 nitrogen and oxygen atoms in total. The Labute approximate surface area is 178 Å². The van der Waals surface area contributed by atoms with Crippen molar-refractivity contribution in [2.45, 2.75) is 19.6 Å². The summed E-state index contributed by atoms with van der Waals surface area (Å²) in [7, 11) is 0. The van der Waals surface area contributed by atoms with E-state index in [0.717, 1.165) is 33.1 Å². The molecule has 3 aromatic carbocycles. The van der Waals surface area contributed by atoms with Crippen LogP contribution in [-0.4, -0.2) is 22.3 Å². The number of aliphatic hydroxyl groups excluding tert-OH is 1. The average molecular weight is 434 g/mol. The third-order valence-electron chi connectivity index (χ3n) is 4.98. The second kappa shape index (κ2) is 7.84. The molecule has 0 bridgehead atoms. The van der Waals surface area contributed by atoms with Gasteiger partial charge in [-0.25, -0.2) is 0 Å². The predicted molar refractivity (Wildman–Crippen MR) is 120 cm³/mol. The molecule has 0 spiro atoms. The van der Waals surface area contributed by atoms with Gasteiger partial charge in [-0.2, -0.15) is 0 Å². The number of aromatic nitrogens is 1. The van der Waals surface area contributed by atoms with Crippen LogP contribution < -0.4 is 5.32 Å². The standard InChI is InChI=1S/C22H19Cl3N2O/c1-13-19(25)3-2-4-20(13)26-11-16(28)12-27-21-7-5-14(23)9-17(21)18-10-15(24)6-8-22(18)27/h2-10,16,26,28H,11-12H2,1H3. The number of benzene rings is 3. The van der Waals surface area contributed by atoms with Gasteiger partial charge in [-0.1, -0.05) is 40.9 Å². The molecule has 1 heterocycles. The van der Waals surface area contributed by atoms with E-state index in [9.17, 15) is 5.11 Å². The van der Waals surface area contributed by atoms with E-state index >= 15 is 0 Å². The van der Waals surface area contributed by atoms with Crippen molar-refractivity contribution in [3.63, 3.8) is 0 Å². The highest BCUT2D eigenvalue weighted by atomic mass is 35.5. The molecule has 28 heavy (non-hydrogen) atoms. The summed E-state index contributed by atoms with van der Waals surface area (Å²) >= 11 is 18.6. The molecule has 0 fully saturated rings. The topological polar surface area (TPSA) is 37.2 Å². The first-order valence-electron chi connectivity index (χ1n) is 8.98. The Bertz CT molecular complexity index is 1110. The molecule has 4 rings (SSSR count). The van der Waals surface area contributed by atoms with E-state index in [-0.39, 0.29) is 0 Å². The summed E-state index contributed by atoms with van der Waals surface area (Å²) in [5.41, 5.74) is 3.92. The van der Waals surface area contributed by atoms with E-state index in [4.69, 9.17) is 34.8 Å². The maximum absolute atomic E-state index is 10.7. The zero-order valence-electron chi connectivity index (χ0n) is 15.2. The van der Waals surface area contributed by atoms with Gasteiger partial charge in [-0.3, -0.25) is 0 Å². The molecule has 1 unspecified atom stereocenters. The minimum absolute atomic E-state index is 0.406. The lowest BCUT2D eigenvalue weighted by atomic mass is 10.1. The lowest BCUT2D eigenvalue weighted by Gasteiger charge is -2.17. The first-order valence-corrected chi connectivity index (χ1v) is 10.1. The third-order valence-corrected chi connectivity index (χ3v) is 5.86. The number of hydrogen-bond acceptors (Lipinski definition) is 2. The largest absolute Gasteiger partial charge is 0.389 e. The number of halogens is 3. The van der Waals surface area contributed by atoms with Crippen LogP contribution in [0.2, 0.25) is 15.1 Å². The van der Waals surface area contributed by atoms with Gasteiger partial charge >= 0.3 is 0 Å². The van der Waals surface area contributed by atoms with E-state index in [2.05, 4.69) is 9.88 Å². The molecule has 6 heteroatoms. The van der Waals surface area contributed by atoms with Crippen molar-refractivity contribution in [2.75, 3.05) is 11.9 Å². The van der Waals surface area contributed by atoms with E-state index < -0.39 is 6.10 Å². The Morgan fingerprint density at radius 2 is 1.54 bits per heavy atom. The molecule has 0 radical (unpaired) electrons. The SMILES string of the molecule is Cc1c(Cl)cccc1NCC(O)Cn1c2ccc(Cl)cc2c2cc(Cl)ccc21. The number of fused-ring (bicyclic) bond motifs is 3. The van der Waals surface area contributed by atoms with Gasteiger partial charge in [0.1, 0.15) is 0 Å². The van der Waals surface area contributed by atoms with Gasteiger partial charge in [0, 0.05) is 49.1 Å². The molecule has 2 N–H and O–H groups in total. The fourth-order valence-corrected chi connectivity index (χ4v) is 4.07. The molecule has 0 aliphatic rings. The van der Waals surface area contributed by atoms with Gasteiger partial charge in [-0.05, 0) is 61.0 Å². The molecular weight excluding hydrogens is 415 g/mol. The first-order chi connectivity index (χ1) is 13.4. The van der Waals surface area contributed by atoms with Gasteiger partial charge in [0.25, 0.3) is 0 Å². The summed E-state index contributed by atoms with van der Waals surface area (Å²) in [6.45, 7) is 2.80. The van der Waals surface area contributed by atoms with Crippen molar-refractivity contribution in [1.29, 1.82) is 0 Å². The Morgan fingerprint density at radius 1 is 0.929 bits per heavy atom. The van der Waals surface area contributed by atoms with E-state index in [1.165, 1.54) is 0 Å². The lowest BCUT2D eigenvalue weighted by molar-refractivity contribution is 0.169. The summed E-state index contributed by atoms with van der Waals surface area (Å²) < 4.78 is 2.11. The van der Waals surface area contributed by atoms with Crippen LogP contribution in [0.15, 0.2) is 54.6 Å². The van der Waals surface area contributed by atoms with Crippen LogP contribution in [0.3, 0.4) is 0 Å². The summed E-state index contributed by atoms with van der Waals surface area (Å²) in [6.07, 6.45) is -0.594. The normalized spacial score (nSPS) is 12.6. The van der Waals surface area contributed by atoms with Crippen LogP contribution in [0.25, 0.3) is 21.8 Å². The quantitative estimate of drug-likeness (QED) is 0.375. The summed E-state index contributed by atoms with van der Waals surface area (Å²) in [4.78, 5) is 0. The van der Waals surface area contributed by atoms with Crippen LogP contribution in [0.1, 0.15) is 5.56 Å². The van der Waals surface area contributed by atoms with Crippen molar-refractivity contribution >= 4 is 62.3 Å². The number of nitrogens with zero attached hydrogens (tertiary/aromatic N) is 1. The monoisotopic (exact) mass is 432 g/mol. The fraction of sp³-hybridized carbons (Fsp3) is 0.182. The molecule has 0 aliphatic carbocycles. The zero-order valence-corrected chi connectivity index (χ0v) is 17.5. The molecule has 0 saturated carbocycles. The lowest BCUT2D eigenvalue weighted by Crippen LogP contribution is -2.25. The fourth-order valence-electron chi connectivity index (χ4n) is 3.55. The Balaban J connectivity index is 1.64. The van der Waals surface area contributed by atoms with Gasteiger partial charge in [0.05, 0.1) is 12.6 Å². The molecular formula is C22H19Cl3N2O. The van der Waals surface area contributed by atoms with Crippen LogP contribution in [0.4, 0.5) is 5.69 Å². The zero-order chi connectivity index (χ0) is 19.8. The number of nitrogens with one attached hydrogen (secondary N) is 1. The smallest absolute Gasteiger partial charge is 0.0891 e. The van der Waals surface area contributed by atoms with E-state index in [1.807, 2.05) is 61.5 Å². The van der Waals surface area contributed by atoms with Gasteiger partial charge < -0.3 is 15.0 Å². The second-order valence-corrected chi connectivity index (χ2v) is 8.16. The molecule has 0 aliphatic heterocycles. The van der Waals surface area contributed by atoms with Crippen molar-refractivity contribution in [1.82, 2.24) is 4.57 Å². The van der Waals surface area contributed by atoms with Gasteiger partial charge in [0.2, 0.25) is 0 Å². The molecule has 144 valence electrons. The third kappa shape index (κ3) is 3.68. The highest BCUT2D eigenvalue weighted by Gasteiger charge is 2.15. The number of rotatable bonds is 5. The van der Waals surface area contributed by atoms with Crippen molar-refractivity contribution in [3.8, 4) is 0 Å². The number of aliphatic hydroxyl groups is 1. The maximum Gasteiger partial charge on any atom is 0.0891 e.